The van der Waals surface area contributed by atoms with Gasteiger partial charge in [-0.2, -0.15) is 0 Å². The van der Waals surface area contributed by atoms with E-state index >= 15 is 0 Å². The number of rotatable bonds is 8. The molecule has 0 spiro atoms. The molecule has 2 aromatic carbocycles. The summed E-state index contributed by atoms with van der Waals surface area (Å²) >= 11 is 12.0. The second-order valence-electron chi connectivity index (χ2n) is 6.79. The Bertz CT molecular complexity index is 1110. The molecule has 0 bridgehead atoms. The third-order valence-electron chi connectivity index (χ3n) is 4.64. The van der Waals surface area contributed by atoms with Gasteiger partial charge in [-0.15, -0.1) is 0 Å². The minimum absolute atomic E-state index is 0. The number of hydrogen-bond acceptors (Lipinski definition) is 6. The van der Waals surface area contributed by atoms with E-state index in [1.54, 1.807) is 36.8 Å². The molecule has 164 valence electrons. The maximum Gasteiger partial charge on any atom is 1.00 e. The van der Waals surface area contributed by atoms with Crippen LogP contribution in [0.3, 0.4) is 0 Å². The normalized spacial score (nSPS) is 11.5. The molecular formula is C23H19Cl2N4NaO3. The zero-order chi connectivity index (χ0) is 23.1. The monoisotopic (exact) mass is 492 g/mol. The largest absolute Gasteiger partial charge is 1.00 e. The molecule has 0 saturated carbocycles. The minimum Gasteiger partial charge on any atom is -0.548 e. The summed E-state index contributed by atoms with van der Waals surface area (Å²) in [6, 6.07) is 10.9. The van der Waals surface area contributed by atoms with E-state index in [-0.39, 0.29) is 51.6 Å². The third kappa shape index (κ3) is 7.28. The van der Waals surface area contributed by atoms with Gasteiger partial charge in [-0.05, 0) is 36.2 Å². The zero-order valence-electron chi connectivity index (χ0n) is 18.0. The van der Waals surface area contributed by atoms with Crippen molar-refractivity contribution in [3.8, 4) is 0 Å². The van der Waals surface area contributed by atoms with E-state index in [0.29, 0.717) is 5.82 Å². The summed E-state index contributed by atoms with van der Waals surface area (Å²) < 4.78 is 0. The summed E-state index contributed by atoms with van der Waals surface area (Å²) in [4.78, 5) is 34.1. The molecule has 1 unspecified atom stereocenters. The predicted molar refractivity (Wildman–Crippen MR) is 123 cm³/mol. The van der Waals surface area contributed by atoms with Crippen molar-refractivity contribution in [2.75, 3.05) is 11.9 Å². The summed E-state index contributed by atoms with van der Waals surface area (Å²) in [6.07, 6.45) is 8.33. The predicted octanol–water partition coefficient (Wildman–Crippen LogP) is 0.507. The Hall–Kier alpha value is -2.42. The number of carbonyl (C=O) groups is 2. The van der Waals surface area contributed by atoms with Crippen molar-refractivity contribution >= 4 is 52.7 Å². The van der Waals surface area contributed by atoms with Gasteiger partial charge in [0.15, 0.2) is 5.82 Å². The number of amides is 1. The molecule has 0 fully saturated rings. The van der Waals surface area contributed by atoms with Crippen LogP contribution >= 0.6 is 23.2 Å². The summed E-state index contributed by atoms with van der Waals surface area (Å²) in [5, 5.41) is 14.2. The molecular weight excluding hydrogens is 474 g/mol. The number of aliphatic carboxylic acids is 1. The molecule has 3 rings (SSSR count). The number of hydrogen-bond donors (Lipinski definition) is 1. The van der Waals surface area contributed by atoms with Crippen LogP contribution in [0, 0.1) is 0 Å². The maximum atomic E-state index is 12.4. The molecule has 3 aromatic rings. The number of carbonyl (C=O) groups excluding carboxylic acids is 2. The first kappa shape index (κ1) is 26.8. The molecule has 0 radical (unpaired) electrons. The number of nitrogens with one attached hydrogen (secondary N) is 1. The van der Waals surface area contributed by atoms with E-state index < -0.39 is 17.9 Å². The Morgan fingerprint density at radius 1 is 1.12 bits per heavy atom. The molecule has 1 atom stereocenters. The SMILES string of the molecule is CN(c1ccc(/C=C/CC(NC(=O)c2c(Cl)cccc2Cl)C(=O)[O-])cc1)c1cnccn1.[Na+]. The van der Waals surface area contributed by atoms with Gasteiger partial charge < -0.3 is 20.1 Å². The number of carboxylic acid groups (broad SMARTS) is 1. The van der Waals surface area contributed by atoms with Crippen LogP contribution in [0.1, 0.15) is 22.3 Å². The van der Waals surface area contributed by atoms with Gasteiger partial charge in [-0.1, -0.05) is 53.6 Å². The molecule has 0 aliphatic carbocycles. The van der Waals surface area contributed by atoms with Gasteiger partial charge in [0, 0.05) is 25.1 Å². The van der Waals surface area contributed by atoms with Crippen LogP contribution in [0.25, 0.3) is 6.08 Å². The smallest absolute Gasteiger partial charge is 0.548 e. The van der Waals surface area contributed by atoms with Crippen LogP contribution < -0.4 is 44.9 Å². The van der Waals surface area contributed by atoms with Crippen LogP contribution in [0.2, 0.25) is 10.0 Å². The summed E-state index contributed by atoms with van der Waals surface area (Å²) in [5.74, 6) is -1.38. The van der Waals surface area contributed by atoms with E-state index in [9.17, 15) is 14.7 Å². The Balaban J connectivity index is 0.00000385. The van der Waals surface area contributed by atoms with Crippen LogP contribution in [0.4, 0.5) is 11.5 Å². The van der Waals surface area contributed by atoms with E-state index in [1.807, 2.05) is 36.2 Å². The fourth-order valence-electron chi connectivity index (χ4n) is 2.91. The minimum atomic E-state index is -1.41. The van der Waals surface area contributed by atoms with Crippen molar-refractivity contribution in [2.24, 2.45) is 0 Å². The number of aromatic nitrogens is 2. The Morgan fingerprint density at radius 3 is 2.36 bits per heavy atom. The van der Waals surface area contributed by atoms with Crippen LogP contribution in [-0.2, 0) is 4.79 Å². The molecule has 1 heterocycles. The first-order valence-corrected chi connectivity index (χ1v) is 10.3. The number of nitrogens with zero attached hydrogens (tertiary/aromatic N) is 3. The van der Waals surface area contributed by atoms with Crippen LogP contribution in [0.15, 0.2) is 67.1 Å². The van der Waals surface area contributed by atoms with Crippen molar-refractivity contribution in [2.45, 2.75) is 12.5 Å². The number of anilines is 2. The number of halogens is 2. The van der Waals surface area contributed by atoms with Crippen molar-refractivity contribution in [3.05, 3.63) is 88.3 Å². The molecule has 7 nitrogen and oxygen atoms in total. The van der Waals surface area contributed by atoms with Gasteiger partial charge in [0.05, 0.1) is 33.8 Å². The molecule has 0 saturated heterocycles. The molecule has 1 aromatic heterocycles. The van der Waals surface area contributed by atoms with Crippen molar-refractivity contribution in [3.63, 3.8) is 0 Å². The molecule has 0 aliphatic heterocycles. The summed E-state index contributed by atoms with van der Waals surface area (Å²) in [6.45, 7) is 0. The Morgan fingerprint density at radius 2 is 1.79 bits per heavy atom. The molecule has 1 amide bonds. The fourth-order valence-corrected chi connectivity index (χ4v) is 3.47. The number of carboxylic acids is 1. The van der Waals surface area contributed by atoms with Gasteiger partial charge in [0.1, 0.15) is 0 Å². The van der Waals surface area contributed by atoms with Gasteiger partial charge in [0.2, 0.25) is 0 Å². The van der Waals surface area contributed by atoms with Gasteiger partial charge >= 0.3 is 29.6 Å². The fraction of sp³-hybridized carbons (Fsp3) is 0.130. The molecule has 1 N–H and O–H groups in total. The molecule has 10 heteroatoms. The topological polar surface area (TPSA) is 98.2 Å². The average Bonchev–Trinajstić information content (AvgIpc) is 2.78. The van der Waals surface area contributed by atoms with E-state index in [2.05, 4.69) is 15.3 Å². The summed E-state index contributed by atoms with van der Waals surface area (Å²) in [7, 11) is 1.88. The van der Waals surface area contributed by atoms with Crippen LogP contribution in [0.5, 0.6) is 0 Å². The second kappa shape index (κ2) is 12.7. The van der Waals surface area contributed by atoms with E-state index in [4.69, 9.17) is 23.2 Å². The third-order valence-corrected chi connectivity index (χ3v) is 5.27. The van der Waals surface area contributed by atoms with E-state index in [0.717, 1.165) is 11.3 Å². The van der Waals surface area contributed by atoms with Crippen molar-refractivity contribution in [1.29, 1.82) is 0 Å². The average molecular weight is 493 g/mol. The van der Waals surface area contributed by atoms with Gasteiger partial charge in [0.25, 0.3) is 5.91 Å². The van der Waals surface area contributed by atoms with Gasteiger partial charge in [-0.3, -0.25) is 9.78 Å². The Kier molecular flexibility index (Phi) is 10.3. The summed E-state index contributed by atoms with van der Waals surface area (Å²) in [5.41, 5.74) is 1.80. The van der Waals surface area contributed by atoms with E-state index in [1.165, 1.54) is 12.1 Å². The van der Waals surface area contributed by atoms with Crippen molar-refractivity contribution < 1.29 is 44.3 Å². The molecule has 0 aliphatic rings. The Labute approximate surface area is 223 Å². The standard InChI is InChI=1S/C23H20Cl2N4O3.Na/c1-29(20-14-26-12-13-27-20)16-10-8-15(9-11-16)4-2-7-19(23(31)32)28-22(30)21-17(24)5-3-6-18(21)25;/h2-6,8-14,19H,7H2,1H3,(H,28,30)(H,31,32);/q;+1/p-1/b4-2+;. The van der Waals surface area contributed by atoms with Gasteiger partial charge in [-0.25, -0.2) is 4.98 Å². The maximum absolute atomic E-state index is 12.4. The zero-order valence-corrected chi connectivity index (χ0v) is 21.5. The first-order chi connectivity index (χ1) is 15.4. The van der Waals surface area contributed by atoms with Crippen LogP contribution in [-0.4, -0.2) is 34.9 Å². The first-order valence-electron chi connectivity index (χ1n) is 9.59. The second-order valence-corrected chi connectivity index (χ2v) is 7.61. The molecule has 33 heavy (non-hydrogen) atoms. The quantitative estimate of drug-likeness (QED) is 0.460. The van der Waals surface area contributed by atoms with Crippen molar-refractivity contribution in [1.82, 2.24) is 15.3 Å². The number of benzene rings is 2.